The Morgan fingerprint density at radius 3 is 2.92 bits per heavy atom. The van der Waals surface area contributed by atoms with Crippen molar-refractivity contribution in [2.24, 2.45) is 0 Å². The highest BCUT2D eigenvalue weighted by atomic mass is 32.2. The minimum Gasteiger partial charge on any atom is -0.326 e. The maximum absolute atomic E-state index is 13.3. The smallest absolute Gasteiger partial charge is 0.325 e. The molecular formula is C16H17FN4O2S. The zero-order chi connectivity index (χ0) is 17.1. The number of benzene rings is 1. The van der Waals surface area contributed by atoms with Crippen LogP contribution in [0.3, 0.4) is 0 Å². The fraction of sp³-hybridized carbons (Fsp3) is 0.312. The van der Waals surface area contributed by atoms with Gasteiger partial charge in [0.05, 0.1) is 17.9 Å². The van der Waals surface area contributed by atoms with Crippen molar-refractivity contribution in [1.29, 1.82) is 0 Å². The number of urea groups is 1. The van der Waals surface area contributed by atoms with Crippen molar-refractivity contribution < 1.29 is 14.0 Å². The van der Waals surface area contributed by atoms with E-state index in [4.69, 9.17) is 0 Å². The first-order valence-electron chi connectivity index (χ1n) is 7.50. The summed E-state index contributed by atoms with van der Waals surface area (Å²) in [5.41, 5.74) is 1.14. The maximum atomic E-state index is 13.3. The SMILES string of the molecule is CSCCC1NC(=O)N(Cc2ccn(-c3cccc(F)c3)n2)C1=O. The molecule has 1 fully saturated rings. The summed E-state index contributed by atoms with van der Waals surface area (Å²) in [7, 11) is 0. The monoisotopic (exact) mass is 348 g/mol. The summed E-state index contributed by atoms with van der Waals surface area (Å²) in [6, 6.07) is 6.90. The predicted molar refractivity (Wildman–Crippen MR) is 89.4 cm³/mol. The molecule has 0 spiro atoms. The van der Waals surface area contributed by atoms with Crippen molar-refractivity contribution in [1.82, 2.24) is 20.0 Å². The van der Waals surface area contributed by atoms with E-state index in [-0.39, 0.29) is 18.3 Å². The van der Waals surface area contributed by atoms with Crippen LogP contribution in [0.1, 0.15) is 12.1 Å². The van der Waals surface area contributed by atoms with Crippen LogP contribution in [0, 0.1) is 5.82 Å². The third-order valence-electron chi connectivity index (χ3n) is 3.75. The molecule has 0 saturated carbocycles. The summed E-state index contributed by atoms with van der Waals surface area (Å²) in [5, 5.41) is 7.01. The van der Waals surface area contributed by atoms with Crippen LogP contribution in [0.15, 0.2) is 36.5 Å². The molecule has 1 aromatic carbocycles. The Hall–Kier alpha value is -2.35. The van der Waals surface area contributed by atoms with E-state index in [0.717, 1.165) is 5.75 Å². The Balaban J connectivity index is 1.71. The lowest BCUT2D eigenvalue weighted by molar-refractivity contribution is -0.127. The number of nitrogens with zero attached hydrogens (tertiary/aromatic N) is 3. The fourth-order valence-electron chi connectivity index (χ4n) is 2.53. The van der Waals surface area contributed by atoms with Crippen molar-refractivity contribution in [3.63, 3.8) is 0 Å². The van der Waals surface area contributed by atoms with E-state index < -0.39 is 12.1 Å². The van der Waals surface area contributed by atoms with Gasteiger partial charge in [-0.2, -0.15) is 16.9 Å². The fourth-order valence-corrected chi connectivity index (χ4v) is 3.00. The largest absolute Gasteiger partial charge is 0.326 e. The standard InChI is InChI=1S/C16H17FN4O2S/c1-24-8-6-14-15(22)20(16(23)18-14)10-12-5-7-21(19-12)13-4-2-3-11(17)9-13/h2-5,7,9,14H,6,8,10H2,1H3,(H,18,23). The van der Waals surface area contributed by atoms with Crippen LogP contribution in [0.5, 0.6) is 0 Å². The summed E-state index contributed by atoms with van der Waals surface area (Å²) < 4.78 is 14.8. The first-order valence-corrected chi connectivity index (χ1v) is 8.89. The Labute approximate surface area is 143 Å². The van der Waals surface area contributed by atoms with Crippen molar-refractivity contribution >= 4 is 23.7 Å². The van der Waals surface area contributed by atoms with E-state index in [1.54, 1.807) is 36.2 Å². The van der Waals surface area contributed by atoms with Gasteiger partial charge in [-0.3, -0.25) is 9.69 Å². The number of hydrogen-bond donors (Lipinski definition) is 1. The number of carbonyl (C=O) groups is 2. The van der Waals surface area contributed by atoms with Crippen LogP contribution in [0.25, 0.3) is 5.69 Å². The van der Waals surface area contributed by atoms with Gasteiger partial charge in [-0.1, -0.05) is 6.07 Å². The second-order valence-electron chi connectivity index (χ2n) is 5.44. The number of carbonyl (C=O) groups excluding carboxylic acids is 2. The zero-order valence-corrected chi connectivity index (χ0v) is 13.9. The number of imide groups is 1. The van der Waals surface area contributed by atoms with Crippen LogP contribution >= 0.6 is 11.8 Å². The lowest BCUT2D eigenvalue weighted by Gasteiger charge is -2.11. The van der Waals surface area contributed by atoms with Gasteiger partial charge in [0.15, 0.2) is 0 Å². The van der Waals surface area contributed by atoms with Gasteiger partial charge >= 0.3 is 6.03 Å². The highest BCUT2D eigenvalue weighted by Crippen LogP contribution is 2.16. The van der Waals surface area contributed by atoms with Gasteiger partial charge in [-0.15, -0.1) is 0 Å². The van der Waals surface area contributed by atoms with Crippen molar-refractivity contribution in [3.05, 3.63) is 48.0 Å². The molecule has 126 valence electrons. The molecule has 6 nitrogen and oxygen atoms in total. The molecule has 2 aromatic rings. The van der Waals surface area contributed by atoms with Gasteiger partial charge < -0.3 is 5.32 Å². The third-order valence-corrected chi connectivity index (χ3v) is 4.40. The molecule has 0 radical (unpaired) electrons. The van der Waals surface area contributed by atoms with Gasteiger partial charge in [0.2, 0.25) is 0 Å². The van der Waals surface area contributed by atoms with Gasteiger partial charge in [0.1, 0.15) is 11.9 Å². The molecule has 0 aliphatic carbocycles. The Morgan fingerprint density at radius 1 is 1.33 bits per heavy atom. The number of hydrogen-bond acceptors (Lipinski definition) is 4. The molecule has 8 heteroatoms. The van der Waals surface area contributed by atoms with E-state index in [2.05, 4.69) is 10.4 Å². The molecule has 3 rings (SSSR count). The average molecular weight is 348 g/mol. The highest BCUT2D eigenvalue weighted by molar-refractivity contribution is 7.98. The van der Waals surface area contributed by atoms with E-state index in [9.17, 15) is 14.0 Å². The molecule has 0 bridgehead atoms. The maximum Gasteiger partial charge on any atom is 0.325 e. The molecule has 1 aliphatic rings. The summed E-state index contributed by atoms with van der Waals surface area (Å²) >= 11 is 1.63. The predicted octanol–water partition coefficient (Wildman–Crippen LogP) is 2.18. The summed E-state index contributed by atoms with van der Waals surface area (Å²) in [6.07, 6.45) is 4.24. The number of thioether (sulfide) groups is 1. The van der Waals surface area contributed by atoms with E-state index in [1.165, 1.54) is 21.7 Å². The molecule has 2 heterocycles. The second kappa shape index (κ2) is 7.04. The van der Waals surface area contributed by atoms with Crippen LogP contribution in [0.4, 0.5) is 9.18 Å². The molecule has 1 atom stereocenters. The summed E-state index contributed by atoms with van der Waals surface area (Å²) in [4.78, 5) is 25.5. The number of aromatic nitrogens is 2. The van der Waals surface area contributed by atoms with Gasteiger partial charge in [-0.25, -0.2) is 13.9 Å². The lowest BCUT2D eigenvalue weighted by atomic mass is 10.2. The quantitative estimate of drug-likeness (QED) is 0.813. The number of halogens is 1. The second-order valence-corrected chi connectivity index (χ2v) is 6.43. The Bertz CT molecular complexity index is 764. The zero-order valence-electron chi connectivity index (χ0n) is 13.1. The summed E-state index contributed by atoms with van der Waals surface area (Å²) in [6.45, 7) is 0.1000. The molecule has 1 aliphatic heterocycles. The van der Waals surface area contributed by atoms with Crippen LogP contribution in [-0.2, 0) is 11.3 Å². The van der Waals surface area contributed by atoms with Crippen LogP contribution in [-0.4, -0.2) is 44.7 Å². The topological polar surface area (TPSA) is 67.2 Å². The third kappa shape index (κ3) is 3.43. The van der Waals surface area contributed by atoms with Crippen molar-refractivity contribution in [2.75, 3.05) is 12.0 Å². The van der Waals surface area contributed by atoms with Gasteiger partial charge in [-0.05, 0) is 42.7 Å². The average Bonchev–Trinajstić information content (AvgIpc) is 3.13. The number of amides is 3. The van der Waals surface area contributed by atoms with Gasteiger partial charge in [0, 0.05) is 6.20 Å². The lowest BCUT2D eigenvalue weighted by Crippen LogP contribution is -2.31. The molecule has 1 unspecified atom stereocenters. The summed E-state index contributed by atoms with van der Waals surface area (Å²) in [5.74, 6) is 0.225. The minimum atomic E-state index is -0.463. The van der Waals surface area contributed by atoms with Crippen molar-refractivity contribution in [2.45, 2.75) is 19.0 Å². The number of nitrogens with one attached hydrogen (secondary N) is 1. The molecule has 24 heavy (non-hydrogen) atoms. The van der Waals surface area contributed by atoms with Crippen molar-refractivity contribution in [3.8, 4) is 5.69 Å². The molecule has 3 amide bonds. The highest BCUT2D eigenvalue weighted by Gasteiger charge is 2.37. The van der Waals surface area contributed by atoms with E-state index in [0.29, 0.717) is 17.8 Å². The molecule has 1 saturated heterocycles. The molecule has 1 aromatic heterocycles. The molecular weight excluding hydrogens is 331 g/mol. The first kappa shape index (κ1) is 16.5. The van der Waals surface area contributed by atoms with Gasteiger partial charge in [0.25, 0.3) is 5.91 Å². The van der Waals surface area contributed by atoms with Crippen LogP contribution < -0.4 is 5.32 Å². The molecule has 1 N–H and O–H groups in total. The normalized spacial score (nSPS) is 17.4. The van der Waals surface area contributed by atoms with E-state index in [1.807, 2.05) is 6.26 Å². The Morgan fingerprint density at radius 2 is 2.17 bits per heavy atom. The van der Waals surface area contributed by atoms with Crippen LogP contribution in [0.2, 0.25) is 0 Å². The number of rotatable bonds is 6. The first-order chi connectivity index (χ1) is 11.6. The minimum absolute atomic E-state index is 0.1000. The van der Waals surface area contributed by atoms with E-state index >= 15 is 0 Å². The Kier molecular flexibility index (Phi) is 4.84.